The molecule has 0 aliphatic rings. The van der Waals surface area contributed by atoms with E-state index in [9.17, 15) is 35.1 Å². The zero-order valence-corrected chi connectivity index (χ0v) is 16.0. The SMILES string of the molecule is CCN(C)CCC(F)(F)C(F)(F)C(F)(F)C(F)(F)CCN(C)C(C)(C)C. The van der Waals surface area contributed by atoms with Crippen molar-refractivity contribution in [1.82, 2.24) is 9.80 Å². The monoisotopic (exact) mass is 400 g/mol. The number of alkyl halides is 8. The van der Waals surface area contributed by atoms with Crippen LogP contribution >= 0.6 is 0 Å². The lowest BCUT2D eigenvalue weighted by Gasteiger charge is -2.39. The third kappa shape index (κ3) is 5.43. The van der Waals surface area contributed by atoms with E-state index >= 15 is 0 Å². The fraction of sp³-hybridized carbons (Fsp3) is 1.00. The van der Waals surface area contributed by atoms with Crippen molar-refractivity contribution >= 4 is 0 Å². The molecule has 0 amide bonds. The number of rotatable bonds is 10. The summed E-state index contributed by atoms with van der Waals surface area (Å²) in [6.07, 6.45) is -3.33. The molecule has 0 aromatic heterocycles. The third-order valence-electron chi connectivity index (χ3n) is 4.57. The Morgan fingerprint density at radius 3 is 1.31 bits per heavy atom. The lowest BCUT2D eigenvalue weighted by Crippen LogP contribution is -2.63. The Bertz CT molecular complexity index is 446. The molecule has 0 aliphatic carbocycles. The van der Waals surface area contributed by atoms with E-state index in [1.54, 1.807) is 27.7 Å². The lowest BCUT2D eigenvalue weighted by molar-refractivity contribution is -0.368. The van der Waals surface area contributed by atoms with Gasteiger partial charge in [0.15, 0.2) is 0 Å². The second-order valence-corrected chi connectivity index (χ2v) is 7.55. The summed E-state index contributed by atoms with van der Waals surface area (Å²) in [5, 5.41) is 0. The predicted octanol–water partition coefficient (Wildman–Crippen LogP) is 4.99. The Balaban J connectivity index is 5.39. The van der Waals surface area contributed by atoms with Gasteiger partial charge in [0, 0.05) is 31.5 Å². The first-order valence-corrected chi connectivity index (χ1v) is 8.24. The molecule has 0 fully saturated rings. The van der Waals surface area contributed by atoms with Gasteiger partial charge in [-0.25, -0.2) is 0 Å². The van der Waals surface area contributed by atoms with Gasteiger partial charge in [0.05, 0.1) is 0 Å². The summed E-state index contributed by atoms with van der Waals surface area (Å²) in [7, 11) is 2.67. The summed E-state index contributed by atoms with van der Waals surface area (Å²) in [5.74, 6) is -22.9. The van der Waals surface area contributed by atoms with Gasteiger partial charge in [-0.15, -0.1) is 0 Å². The van der Waals surface area contributed by atoms with Crippen LogP contribution in [-0.4, -0.2) is 72.8 Å². The molecular weight excluding hydrogens is 372 g/mol. The minimum absolute atomic E-state index is 0.216. The average Bonchev–Trinajstić information content (AvgIpc) is 2.48. The summed E-state index contributed by atoms with van der Waals surface area (Å²) >= 11 is 0. The Labute approximate surface area is 149 Å². The Morgan fingerprint density at radius 2 is 1.00 bits per heavy atom. The molecule has 0 radical (unpaired) electrons. The third-order valence-corrected chi connectivity index (χ3v) is 4.57. The summed E-state index contributed by atoms with van der Waals surface area (Å²) in [6, 6.07) is 0. The van der Waals surface area contributed by atoms with Crippen LogP contribution < -0.4 is 0 Å². The van der Waals surface area contributed by atoms with E-state index in [-0.39, 0.29) is 6.54 Å². The van der Waals surface area contributed by atoms with Crippen molar-refractivity contribution in [3.63, 3.8) is 0 Å². The summed E-state index contributed by atoms with van der Waals surface area (Å²) in [4.78, 5) is 2.45. The van der Waals surface area contributed by atoms with Crippen LogP contribution in [0.3, 0.4) is 0 Å². The molecule has 0 bridgehead atoms. The first-order chi connectivity index (χ1) is 11.3. The lowest BCUT2D eigenvalue weighted by atomic mass is 9.94. The van der Waals surface area contributed by atoms with E-state index in [0.29, 0.717) is 0 Å². The highest BCUT2D eigenvalue weighted by molar-refractivity contribution is 5.04. The normalized spacial score (nSPS) is 15.2. The van der Waals surface area contributed by atoms with Gasteiger partial charge in [0.25, 0.3) is 0 Å². The van der Waals surface area contributed by atoms with Crippen LogP contribution in [0, 0.1) is 0 Å². The molecule has 0 rings (SSSR count). The minimum atomic E-state index is -6.19. The molecule has 26 heavy (non-hydrogen) atoms. The molecule has 0 unspecified atom stereocenters. The molecule has 10 heteroatoms. The van der Waals surface area contributed by atoms with E-state index in [0.717, 1.165) is 0 Å². The second kappa shape index (κ2) is 8.16. The summed E-state index contributed by atoms with van der Waals surface area (Å²) in [5.41, 5.74) is -0.678. The Hall–Kier alpha value is -0.640. The largest absolute Gasteiger partial charge is 0.378 e. The van der Waals surface area contributed by atoms with E-state index < -0.39 is 55.2 Å². The van der Waals surface area contributed by atoms with E-state index in [4.69, 9.17) is 0 Å². The Morgan fingerprint density at radius 1 is 0.654 bits per heavy atom. The van der Waals surface area contributed by atoms with Gasteiger partial charge in [-0.2, -0.15) is 35.1 Å². The number of halogens is 8. The fourth-order valence-electron chi connectivity index (χ4n) is 1.91. The van der Waals surface area contributed by atoms with Crippen LogP contribution in [0.5, 0.6) is 0 Å². The molecule has 0 N–H and O–H groups in total. The van der Waals surface area contributed by atoms with Crippen LogP contribution in [0.1, 0.15) is 40.5 Å². The number of hydrogen-bond donors (Lipinski definition) is 0. The van der Waals surface area contributed by atoms with Gasteiger partial charge in [-0.3, -0.25) is 0 Å². The molecule has 0 aliphatic heterocycles. The zero-order chi connectivity index (χ0) is 21.2. The van der Waals surface area contributed by atoms with Gasteiger partial charge < -0.3 is 9.80 Å². The molecular formula is C16H28F8N2. The van der Waals surface area contributed by atoms with Crippen molar-refractivity contribution in [1.29, 1.82) is 0 Å². The predicted molar refractivity (Wildman–Crippen MR) is 84.6 cm³/mol. The van der Waals surface area contributed by atoms with Gasteiger partial charge in [-0.1, -0.05) is 6.92 Å². The van der Waals surface area contributed by atoms with Gasteiger partial charge >= 0.3 is 23.7 Å². The molecule has 0 aromatic rings. The molecule has 0 saturated carbocycles. The Kier molecular flexibility index (Phi) is 7.96. The molecule has 158 valence electrons. The maximum absolute atomic E-state index is 13.8. The highest BCUT2D eigenvalue weighted by Gasteiger charge is 2.79. The van der Waals surface area contributed by atoms with Crippen LogP contribution in [-0.2, 0) is 0 Å². The van der Waals surface area contributed by atoms with Crippen molar-refractivity contribution in [3.05, 3.63) is 0 Å². The standard InChI is InChI=1S/C16H28F8N2/c1-7-25(5)10-8-13(17,18)15(21,22)16(23,24)14(19,20)9-11-26(6)12(2,3)4/h7-11H2,1-6H3. The van der Waals surface area contributed by atoms with E-state index in [1.807, 2.05) is 0 Å². The van der Waals surface area contributed by atoms with Gasteiger partial charge in [-0.05, 0) is 41.4 Å². The van der Waals surface area contributed by atoms with Gasteiger partial charge in [0.2, 0.25) is 0 Å². The summed E-state index contributed by atoms with van der Waals surface area (Å²) < 4.78 is 110. The van der Waals surface area contributed by atoms with Crippen molar-refractivity contribution in [2.24, 2.45) is 0 Å². The van der Waals surface area contributed by atoms with Crippen molar-refractivity contribution < 1.29 is 35.1 Å². The van der Waals surface area contributed by atoms with Crippen LogP contribution in [0.4, 0.5) is 35.1 Å². The first-order valence-electron chi connectivity index (χ1n) is 8.24. The van der Waals surface area contributed by atoms with Crippen molar-refractivity contribution in [2.75, 3.05) is 33.7 Å². The number of nitrogens with zero attached hydrogens (tertiary/aromatic N) is 2. The quantitative estimate of drug-likeness (QED) is 0.477. The second-order valence-electron chi connectivity index (χ2n) is 7.55. The van der Waals surface area contributed by atoms with Crippen molar-refractivity contribution in [2.45, 2.75) is 69.8 Å². The highest BCUT2D eigenvalue weighted by atomic mass is 19.4. The first kappa shape index (κ1) is 25.4. The molecule has 0 heterocycles. The molecule has 2 nitrogen and oxygen atoms in total. The smallest absolute Gasteiger partial charge is 0.306 e. The molecule has 0 saturated heterocycles. The molecule has 0 aromatic carbocycles. The highest BCUT2D eigenvalue weighted by Crippen LogP contribution is 2.54. The summed E-state index contributed by atoms with van der Waals surface area (Å²) in [6.45, 7) is 5.29. The van der Waals surface area contributed by atoms with Crippen LogP contribution in [0.25, 0.3) is 0 Å². The number of hydrogen-bond acceptors (Lipinski definition) is 2. The van der Waals surface area contributed by atoms with E-state index in [1.165, 1.54) is 23.9 Å². The maximum Gasteiger partial charge on any atom is 0.378 e. The topological polar surface area (TPSA) is 6.48 Å². The average molecular weight is 400 g/mol. The van der Waals surface area contributed by atoms with Crippen LogP contribution in [0.15, 0.2) is 0 Å². The molecule has 0 atom stereocenters. The zero-order valence-electron chi connectivity index (χ0n) is 16.0. The van der Waals surface area contributed by atoms with Gasteiger partial charge in [0.1, 0.15) is 0 Å². The van der Waals surface area contributed by atoms with Crippen LogP contribution in [0.2, 0.25) is 0 Å². The van der Waals surface area contributed by atoms with Crippen molar-refractivity contribution in [3.8, 4) is 0 Å². The van der Waals surface area contributed by atoms with E-state index in [2.05, 4.69) is 0 Å². The maximum atomic E-state index is 13.8. The molecule has 0 spiro atoms. The fourth-order valence-corrected chi connectivity index (χ4v) is 1.91. The minimum Gasteiger partial charge on any atom is -0.306 e.